The standard InChI is InChI=1S/C10H16N2O3S/c1-4-15-9(8(3)16(13)14)10-11-5-7(2)6-12-10/h5-6,8-9,16H,4H2,1-3H3/t8-,9-/m1/s1. The highest BCUT2D eigenvalue weighted by molar-refractivity contribution is 7.73. The molecule has 2 atom stereocenters. The van der Waals surface area contributed by atoms with Crippen LogP contribution in [0.3, 0.4) is 0 Å². The number of rotatable bonds is 5. The molecule has 0 amide bonds. The number of thiol groups is 1. The summed E-state index contributed by atoms with van der Waals surface area (Å²) >= 11 is 0. The van der Waals surface area contributed by atoms with E-state index in [1.807, 2.05) is 13.8 Å². The Labute approximate surface area is 96.8 Å². The Morgan fingerprint density at radius 3 is 2.38 bits per heavy atom. The molecule has 6 heteroatoms. The van der Waals surface area contributed by atoms with Crippen LogP contribution in [-0.2, 0) is 15.4 Å². The van der Waals surface area contributed by atoms with E-state index < -0.39 is 22.1 Å². The first-order valence-corrected chi connectivity index (χ1v) is 6.34. The molecule has 0 saturated heterocycles. The fraction of sp³-hybridized carbons (Fsp3) is 0.600. The maximum atomic E-state index is 11.0. The molecule has 1 rings (SSSR count). The van der Waals surface area contributed by atoms with Crippen LogP contribution >= 0.6 is 0 Å². The highest BCUT2D eigenvalue weighted by Crippen LogP contribution is 2.19. The summed E-state index contributed by atoms with van der Waals surface area (Å²) in [5, 5.41) is -0.627. The summed E-state index contributed by atoms with van der Waals surface area (Å²) in [6.45, 7) is 5.70. The van der Waals surface area contributed by atoms with Crippen LogP contribution in [-0.4, -0.2) is 30.2 Å². The second-order valence-corrected chi connectivity index (χ2v) is 4.91. The summed E-state index contributed by atoms with van der Waals surface area (Å²) in [5.74, 6) is 0.416. The zero-order valence-electron chi connectivity index (χ0n) is 9.58. The van der Waals surface area contributed by atoms with Crippen molar-refractivity contribution in [2.24, 2.45) is 0 Å². The van der Waals surface area contributed by atoms with Crippen LogP contribution in [0.1, 0.15) is 31.3 Å². The van der Waals surface area contributed by atoms with Gasteiger partial charge in [0, 0.05) is 19.0 Å². The van der Waals surface area contributed by atoms with Gasteiger partial charge in [0.1, 0.15) is 16.8 Å². The van der Waals surface area contributed by atoms with Gasteiger partial charge in [0.15, 0.2) is 5.82 Å². The van der Waals surface area contributed by atoms with Gasteiger partial charge in [0.25, 0.3) is 0 Å². The first-order chi connectivity index (χ1) is 7.56. The average molecular weight is 244 g/mol. The van der Waals surface area contributed by atoms with Crippen molar-refractivity contribution in [1.82, 2.24) is 9.97 Å². The van der Waals surface area contributed by atoms with Gasteiger partial charge in [0.2, 0.25) is 0 Å². The van der Waals surface area contributed by atoms with E-state index in [0.29, 0.717) is 12.4 Å². The maximum Gasteiger partial charge on any atom is 0.158 e. The molecule has 0 spiro atoms. The average Bonchev–Trinajstić information content (AvgIpc) is 2.26. The molecule has 0 radical (unpaired) electrons. The highest BCUT2D eigenvalue weighted by Gasteiger charge is 2.24. The number of aryl methyl sites for hydroxylation is 1. The summed E-state index contributed by atoms with van der Waals surface area (Å²) in [4.78, 5) is 8.19. The first kappa shape index (κ1) is 13.1. The first-order valence-electron chi connectivity index (χ1n) is 5.10. The number of hydrogen-bond donors (Lipinski definition) is 1. The molecule has 0 aliphatic carbocycles. The molecule has 0 N–H and O–H groups in total. The summed E-state index contributed by atoms with van der Waals surface area (Å²) in [6, 6.07) is 0. The Kier molecular flexibility index (Phi) is 4.82. The van der Waals surface area contributed by atoms with E-state index in [2.05, 4.69) is 9.97 Å². The van der Waals surface area contributed by atoms with E-state index in [9.17, 15) is 8.42 Å². The van der Waals surface area contributed by atoms with E-state index in [1.165, 1.54) is 0 Å². The van der Waals surface area contributed by atoms with Crippen molar-refractivity contribution >= 4 is 10.7 Å². The fourth-order valence-corrected chi connectivity index (χ4v) is 1.71. The predicted octanol–water partition coefficient (Wildman–Crippen LogP) is 0.863. The van der Waals surface area contributed by atoms with E-state index >= 15 is 0 Å². The summed E-state index contributed by atoms with van der Waals surface area (Å²) in [6.07, 6.45) is 2.71. The molecule has 0 aliphatic rings. The Morgan fingerprint density at radius 2 is 1.94 bits per heavy atom. The number of hydrogen-bond acceptors (Lipinski definition) is 5. The van der Waals surface area contributed by atoms with Crippen molar-refractivity contribution in [3.05, 3.63) is 23.8 Å². The van der Waals surface area contributed by atoms with Gasteiger partial charge in [-0.25, -0.2) is 18.4 Å². The minimum Gasteiger partial charge on any atom is -0.369 e. The van der Waals surface area contributed by atoms with Crippen molar-refractivity contribution in [2.75, 3.05) is 6.61 Å². The van der Waals surface area contributed by atoms with Crippen molar-refractivity contribution in [3.8, 4) is 0 Å². The molecule has 90 valence electrons. The molecule has 1 heterocycles. The minimum atomic E-state index is -2.55. The molecule has 1 aromatic heterocycles. The van der Waals surface area contributed by atoms with E-state index in [0.717, 1.165) is 5.56 Å². The number of aromatic nitrogens is 2. The number of ether oxygens (including phenoxy) is 1. The third-order valence-corrected chi connectivity index (χ3v) is 3.11. The molecule has 0 saturated carbocycles. The van der Waals surface area contributed by atoms with Crippen molar-refractivity contribution in [2.45, 2.75) is 32.1 Å². The lowest BCUT2D eigenvalue weighted by Crippen LogP contribution is -2.22. The van der Waals surface area contributed by atoms with Crippen LogP contribution in [0, 0.1) is 6.92 Å². The van der Waals surface area contributed by atoms with Crippen LogP contribution in [0.25, 0.3) is 0 Å². The van der Waals surface area contributed by atoms with Crippen molar-refractivity contribution < 1.29 is 13.2 Å². The Hall–Kier alpha value is -1.01. The smallest absolute Gasteiger partial charge is 0.158 e. The predicted molar refractivity (Wildman–Crippen MR) is 60.9 cm³/mol. The van der Waals surface area contributed by atoms with Gasteiger partial charge in [-0.05, 0) is 26.3 Å². The maximum absolute atomic E-state index is 11.0. The zero-order chi connectivity index (χ0) is 12.1. The Bertz CT molecular complexity index is 395. The molecular weight excluding hydrogens is 228 g/mol. The van der Waals surface area contributed by atoms with Crippen molar-refractivity contribution in [3.63, 3.8) is 0 Å². The van der Waals surface area contributed by atoms with Crippen molar-refractivity contribution in [1.29, 1.82) is 0 Å². The molecule has 5 nitrogen and oxygen atoms in total. The van der Waals surface area contributed by atoms with Crippen LogP contribution in [0.2, 0.25) is 0 Å². The fourth-order valence-electron chi connectivity index (χ4n) is 1.27. The van der Waals surface area contributed by atoms with Crippen LogP contribution < -0.4 is 0 Å². The second kappa shape index (κ2) is 5.91. The molecule has 0 aliphatic heterocycles. The zero-order valence-corrected chi connectivity index (χ0v) is 10.5. The van der Waals surface area contributed by atoms with Gasteiger partial charge in [0.05, 0.1) is 5.25 Å². The summed E-state index contributed by atoms with van der Waals surface area (Å²) in [5.41, 5.74) is 0.929. The molecule has 1 aromatic rings. The highest BCUT2D eigenvalue weighted by atomic mass is 32.2. The van der Waals surface area contributed by atoms with Crippen LogP contribution in [0.15, 0.2) is 12.4 Å². The summed E-state index contributed by atoms with van der Waals surface area (Å²) < 4.78 is 27.3. The molecule has 0 unspecified atom stereocenters. The van der Waals surface area contributed by atoms with Gasteiger partial charge in [-0.1, -0.05) is 0 Å². The summed E-state index contributed by atoms with van der Waals surface area (Å²) in [7, 11) is -2.55. The topological polar surface area (TPSA) is 69.2 Å². The Balaban J connectivity index is 2.97. The normalized spacial score (nSPS) is 15.0. The van der Waals surface area contributed by atoms with E-state index in [1.54, 1.807) is 19.3 Å². The Morgan fingerprint density at radius 1 is 1.38 bits per heavy atom. The lowest BCUT2D eigenvalue weighted by molar-refractivity contribution is 0.0563. The third kappa shape index (κ3) is 3.24. The largest absolute Gasteiger partial charge is 0.369 e. The SMILES string of the molecule is CCO[C@@H](c1ncc(C)cn1)[C@@H](C)[SH](=O)=O. The minimum absolute atomic E-state index is 0.416. The van der Waals surface area contributed by atoms with Gasteiger partial charge in [-0.3, -0.25) is 0 Å². The van der Waals surface area contributed by atoms with E-state index in [4.69, 9.17) is 4.74 Å². The third-order valence-electron chi connectivity index (χ3n) is 2.17. The monoisotopic (exact) mass is 244 g/mol. The van der Waals surface area contributed by atoms with E-state index in [-0.39, 0.29) is 0 Å². The lowest BCUT2D eigenvalue weighted by Gasteiger charge is -2.18. The molecule has 0 fully saturated rings. The second-order valence-electron chi connectivity index (χ2n) is 3.52. The van der Waals surface area contributed by atoms with Crippen LogP contribution in [0.4, 0.5) is 0 Å². The van der Waals surface area contributed by atoms with Gasteiger partial charge >= 0.3 is 0 Å². The lowest BCUT2D eigenvalue weighted by atomic mass is 10.2. The number of nitrogens with zero attached hydrogens (tertiary/aromatic N) is 2. The molecule has 16 heavy (non-hydrogen) atoms. The quantitative estimate of drug-likeness (QED) is 0.778. The van der Waals surface area contributed by atoms with Gasteiger partial charge in [-0.15, -0.1) is 0 Å². The molecular formula is C10H16N2O3S. The van der Waals surface area contributed by atoms with Gasteiger partial charge in [-0.2, -0.15) is 0 Å². The van der Waals surface area contributed by atoms with Crippen LogP contribution in [0.5, 0.6) is 0 Å². The van der Waals surface area contributed by atoms with Gasteiger partial charge < -0.3 is 4.74 Å². The molecule has 0 aromatic carbocycles. The molecule has 0 bridgehead atoms.